The lowest BCUT2D eigenvalue weighted by molar-refractivity contribution is -0.140. The van der Waals surface area contributed by atoms with Gasteiger partial charge in [0.1, 0.15) is 17.7 Å². The summed E-state index contributed by atoms with van der Waals surface area (Å²) in [6, 6.07) is 5.32. The Morgan fingerprint density at radius 3 is 2.57 bits per heavy atom. The molecule has 122 valence electrons. The average Bonchev–Trinajstić information content (AvgIpc) is 2.45. The minimum atomic E-state index is -1.07. The molecule has 0 aromatic heterocycles. The molecule has 0 aliphatic heterocycles. The third kappa shape index (κ3) is 5.20. The van der Waals surface area contributed by atoms with Gasteiger partial charge in [0.15, 0.2) is 0 Å². The first kappa shape index (κ1) is 18.3. The number of nitrogens with two attached hydrogens (primary N) is 1. The number of aliphatic carboxylic acids is 1. The topological polar surface area (TPSA) is 128 Å². The fraction of sp³-hybridized carbons (Fsp3) is 0.267. The normalized spacial score (nSPS) is 12.4. The molecule has 1 amide bonds. The van der Waals surface area contributed by atoms with Gasteiger partial charge < -0.3 is 21.5 Å². The molecule has 1 atom stereocenters. The Bertz CT molecular complexity index is 680. The maximum absolute atomic E-state index is 12.1. The van der Waals surface area contributed by atoms with Crippen LogP contribution in [-0.2, 0) is 9.59 Å². The Hall–Kier alpha value is -2.72. The molecule has 0 aliphatic carbocycles. The van der Waals surface area contributed by atoms with Gasteiger partial charge in [0.2, 0.25) is 0 Å². The highest BCUT2D eigenvalue weighted by atomic mass is 35.5. The first-order valence-electron chi connectivity index (χ1n) is 6.71. The smallest absolute Gasteiger partial charge is 0.326 e. The van der Waals surface area contributed by atoms with Crippen LogP contribution in [0.2, 0.25) is 5.02 Å². The summed E-state index contributed by atoms with van der Waals surface area (Å²) in [5.74, 6) is -2.01. The van der Waals surface area contributed by atoms with Crippen molar-refractivity contribution in [1.29, 1.82) is 5.26 Å². The number of carboxylic acids is 1. The fourth-order valence-electron chi connectivity index (χ4n) is 1.69. The van der Waals surface area contributed by atoms with Gasteiger partial charge in [-0.15, -0.1) is 0 Å². The first-order valence-corrected chi connectivity index (χ1v) is 7.09. The number of halogens is 1. The number of hydrogen-bond acceptors (Lipinski definition) is 5. The molecule has 23 heavy (non-hydrogen) atoms. The minimum absolute atomic E-state index is 0.224. The highest BCUT2D eigenvalue weighted by Crippen LogP contribution is 2.24. The zero-order chi connectivity index (χ0) is 17.6. The van der Waals surface area contributed by atoms with Crippen molar-refractivity contribution in [3.05, 3.63) is 35.0 Å². The van der Waals surface area contributed by atoms with Gasteiger partial charge >= 0.3 is 5.97 Å². The van der Waals surface area contributed by atoms with E-state index >= 15 is 0 Å². The van der Waals surface area contributed by atoms with Crippen LogP contribution in [-0.4, -0.2) is 23.0 Å². The van der Waals surface area contributed by atoms with Crippen LogP contribution in [0.3, 0.4) is 0 Å². The molecule has 0 fully saturated rings. The molecule has 0 bridgehead atoms. The van der Waals surface area contributed by atoms with Gasteiger partial charge in [0.25, 0.3) is 5.91 Å². The third-order valence-corrected chi connectivity index (χ3v) is 3.26. The number of nitrogens with one attached hydrogen (secondary N) is 2. The van der Waals surface area contributed by atoms with Crippen LogP contribution in [0.4, 0.5) is 11.4 Å². The highest BCUT2D eigenvalue weighted by molar-refractivity contribution is 6.34. The summed E-state index contributed by atoms with van der Waals surface area (Å²) in [4.78, 5) is 23.1. The maximum Gasteiger partial charge on any atom is 0.326 e. The Balaban J connectivity index is 2.88. The van der Waals surface area contributed by atoms with Gasteiger partial charge in [-0.2, -0.15) is 5.26 Å². The summed E-state index contributed by atoms with van der Waals surface area (Å²) in [6.45, 7) is 3.42. The van der Waals surface area contributed by atoms with E-state index in [0.29, 0.717) is 11.4 Å². The molecule has 0 radical (unpaired) electrons. The number of carbonyl (C=O) groups excluding carboxylic acids is 1. The second kappa shape index (κ2) is 8.06. The zero-order valence-corrected chi connectivity index (χ0v) is 13.4. The Kier molecular flexibility index (Phi) is 6.42. The van der Waals surface area contributed by atoms with Crippen LogP contribution in [0.5, 0.6) is 0 Å². The van der Waals surface area contributed by atoms with Crippen LogP contribution in [0, 0.1) is 17.2 Å². The first-order chi connectivity index (χ1) is 10.8. The van der Waals surface area contributed by atoms with Gasteiger partial charge in [-0.3, -0.25) is 4.79 Å². The van der Waals surface area contributed by atoms with Crippen molar-refractivity contribution in [2.75, 3.05) is 11.1 Å². The van der Waals surface area contributed by atoms with Crippen molar-refractivity contribution in [2.45, 2.75) is 19.9 Å². The minimum Gasteiger partial charge on any atom is -0.480 e. The summed E-state index contributed by atoms with van der Waals surface area (Å²) in [6.07, 6.45) is 1.08. The SMILES string of the molecule is CC(C)C(N/C=C(/C#N)C(=O)Nc1ccc(N)cc1Cl)C(=O)O. The lowest BCUT2D eigenvalue weighted by atomic mass is 10.1. The predicted molar refractivity (Wildman–Crippen MR) is 87.6 cm³/mol. The number of benzene rings is 1. The van der Waals surface area contributed by atoms with Crippen molar-refractivity contribution in [1.82, 2.24) is 5.32 Å². The maximum atomic E-state index is 12.1. The van der Waals surface area contributed by atoms with E-state index in [1.54, 1.807) is 26.0 Å². The number of nitrogen functional groups attached to an aromatic ring is 1. The van der Waals surface area contributed by atoms with Crippen molar-refractivity contribution in [3.8, 4) is 6.07 Å². The van der Waals surface area contributed by atoms with Crippen LogP contribution < -0.4 is 16.4 Å². The van der Waals surface area contributed by atoms with E-state index in [1.807, 2.05) is 0 Å². The van der Waals surface area contributed by atoms with Crippen molar-refractivity contribution < 1.29 is 14.7 Å². The van der Waals surface area contributed by atoms with E-state index in [-0.39, 0.29) is 16.5 Å². The molecule has 0 spiro atoms. The number of nitrogens with zero attached hydrogens (tertiary/aromatic N) is 1. The molecule has 0 saturated heterocycles. The molecule has 7 nitrogen and oxygen atoms in total. The summed E-state index contributed by atoms with van der Waals surface area (Å²) in [5.41, 5.74) is 6.02. The standard InChI is InChI=1S/C15H17ClN4O3/c1-8(2)13(15(22)23)19-7-9(6-17)14(21)20-12-4-3-10(18)5-11(12)16/h3-5,7-8,13,19H,18H2,1-2H3,(H,20,21)(H,22,23)/b9-7-. The number of carbonyl (C=O) groups is 2. The molecule has 1 aromatic rings. The molecule has 0 saturated carbocycles. The van der Waals surface area contributed by atoms with E-state index in [1.165, 1.54) is 12.1 Å². The van der Waals surface area contributed by atoms with E-state index < -0.39 is 17.9 Å². The molecule has 1 aromatic carbocycles. The summed E-state index contributed by atoms with van der Waals surface area (Å²) in [7, 11) is 0. The fourth-order valence-corrected chi connectivity index (χ4v) is 1.93. The lowest BCUT2D eigenvalue weighted by Crippen LogP contribution is -2.38. The van der Waals surface area contributed by atoms with Crippen LogP contribution in [0.15, 0.2) is 30.0 Å². The Labute approximate surface area is 138 Å². The quantitative estimate of drug-likeness (QED) is 0.357. The molecule has 1 unspecified atom stereocenters. The monoisotopic (exact) mass is 336 g/mol. The van der Waals surface area contributed by atoms with Gasteiger partial charge in [-0.1, -0.05) is 25.4 Å². The van der Waals surface area contributed by atoms with Crippen molar-refractivity contribution in [2.24, 2.45) is 5.92 Å². The molecule has 5 N–H and O–H groups in total. The Morgan fingerprint density at radius 1 is 1.43 bits per heavy atom. The van der Waals surface area contributed by atoms with E-state index in [2.05, 4.69) is 10.6 Å². The number of carboxylic acid groups (broad SMARTS) is 1. The lowest BCUT2D eigenvalue weighted by Gasteiger charge is -2.16. The van der Waals surface area contributed by atoms with Gasteiger partial charge in [-0.05, 0) is 24.1 Å². The zero-order valence-electron chi connectivity index (χ0n) is 12.6. The van der Waals surface area contributed by atoms with Gasteiger partial charge in [0.05, 0.1) is 10.7 Å². The van der Waals surface area contributed by atoms with E-state index in [4.69, 9.17) is 27.7 Å². The molecule has 1 rings (SSSR count). The summed E-state index contributed by atoms with van der Waals surface area (Å²) < 4.78 is 0. The van der Waals surface area contributed by atoms with Crippen molar-refractivity contribution >= 4 is 34.9 Å². The second-order valence-corrected chi connectivity index (χ2v) is 5.50. The second-order valence-electron chi connectivity index (χ2n) is 5.09. The van der Waals surface area contributed by atoms with Gasteiger partial charge in [-0.25, -0.2) is 4.79 Å². The van der Waals surface area contributed by atoms with Crippen molar-refractivity contribution in [3.63, 3.8) is 0 Å². The molecule has 8 heteroatoms. The number of amides is 1. The predicted octanol–water partition coefficient (Wildman–Crippen LogP) is 1.97. The summed E-state index contributed by atoms with van der Waals surface area (Å²) >= 11 is 5.94. The number of hydrogen-bond donors (Lipinski definition) is 4. The highest BCUT2D eigenvalue weighted by Gasteiger charge is 2.20. The van der Waals surface area contributed by atoms with Crippen LogP contribution in [0.1, 0.15) is 13.8 Å². The van der Waals surface area contributed by atoms with Gasteiger partial charge in [0, 0.05) is 11.9 Å². The Morgan fingerprint density at radius 2 is 2.09 bits per heavy atom. The largest absolute Gasteiger partial charge is 0.480 e. The van der Waals surface area contributed by atoms with Crippen LogP contribution >= 0.6 is 11.6 Å². The molecule has 0 heterocycles. The van der Waals surface area contributed by atoms with E-state index in [9.17, 15) is 9.59 Å². The summed E-state index contributed by atoms with van der Waals surface area (Å²) in [5, 5.41) is 23.4. The molecular formula is C15H17ClN4O3. The molecular weight excluding hydrogens is 320 g/mol. The number of anilines is 2. The number of nitriles is 1. The third-order valence-electron chi connectivity index (χ3n) is 2.95. The average molecular weight is 337 g/mol. The van der Waals surface area contributed by atoms with Crippen LogP contribution in [0.25, 0.3) is 0 Å². The number of rotatable bonds is 6. The van der Waals surface area contributed by atoms with E-state index in [0.717, 1.165) is 6.20 Å². The molecule has 0 aliphatic rings.